The lowest BCUT2D eigenvalue weighted by Crippen LogP contribution is -1.97. The first-order valence-electron chi connectivity index (χ1n) is 5.40. The summed E-state index contributed by atoms with van der Waals surface area (Å²) < 4.78 is 39.3. The lowest BCUT2D eigenvalue weighted by atomic mass is 9.99. The van der Waals surface area contributed by atoms with E-state index in [1.807, 2.05) is 13.8 Å². The zero-order chi connectivity index (χ0) is 13.4. The molecule has 1 aromatic heterocycles. The summed E-state index contributed by atoms with van der Waals surface area (Å²) in [7, 11) is 0. The smallest absolute Gasteiger partial charge is 0.194 e. The average Bonchev–Trinajstić information content (AvgIpc) is 2.67. The summed E-state index contributed by atoms with van der Waals surface area (Å²) in [5.74, 6) is -3.82. The Bertz CT molecular complexity index is 567. The van der Waals surface area contributed by atoms with Crippen LogP contribution in [0, 0.1) is 17.5 Å². The standard InChI is InChI=1S/C12H12F3N3/c1-5(2)11-9(12(16)18-17-11)6-3-7(13)10(15)8(14)4-6/h3-5H,1-2H3,(H3,16,17,18). The van der Waals surface area contributed by atoms with Gasteiger partial charge in [-0.05, 0) is 23.6 Å². The zero-order valence-corrected chi connectivity index (χ0v) is 9.89. The van der Waals surface area contributed by atoms with Gasteiger partial charge in [0.25, 0.3) is 0 Å². The number of aromatic nitrogens is 2. The molecule has 0 atom stereocenters. The van der Waals surface area contributed by atoms with Crippen LogP contribution in [0.25, 0.3) is 11.1 Å². The molecule has 0 fully saturated rings. The van der Waals surface area contributed by atoms with Crippen molar-refractivity contribution in [3.05, 3.63) is 35.3 Å². The number of nitrogens with two attached hydrogens (primary N) is 1. The Morgan fingerprint density at radius 3 is 2.22 bits per heavy atom. The van der Waals surface area contributed by atoms with E-state index in [0.29, 0.717) is 11.3 Å². The van der Waals surface area contributed by atoms with Gasteiger partial charge in [0, 0.05) is 11.3 Å². The van der Waals surface area contributed by atoms with Crippen LogP contribution in [0.3, 0.4) is 0 Å². The minimum Gasteiger partial charge on any atom is -0.382 e. The van der Waals surface area contributed by atoms with Gasteiger partial charge in [-0.2, -0.15) is 5.10 Å². The van der Waals surface area contributed by atoms with Gasteiger partial charge in [0.15, 0.2) is 23.3 Å². The average molecular weight is 255 g/mol. The molecule has 3 N–H and O–H groups in total. The molecule has 0 aliphatic rings. The van der Waals surface area contributed by atoms with Crippen LogP contribution in [0.1, 0.15) is 25.5 Å². The normalized spacial score (nSPS) is 11.2. The Labute approximate surface area is 102 Å². The van der Waals surface area contributed by atoms with Crippen LogP contribution in [0.15, 0.2) is 12.1 Å². The summed E-state index contributed by atoms with van der Waals surface area (Å²) in [6.45, 7) is 3.76. The van der Waals surface area contributed by atoms with E-state index in [9.17, 15) is 13.2 Å². The number of H-pyrrole nitrogens is 1. The molecule has 1 aromatic carbocycles. The first-order valence-corrected chi connectivity index (χ1v) is 5.40. The molecule has 0 amide bonds. The van der Waals surface area contributed by atoms with Gasteiger partial charge < -0.3 is 5.73 Å². The highest BCUT2D eigenvalue weighted by atomic mass is 19.2. The lowest BCUT2D eigenvalue weighted by Gasteiger charge is -2.08. The van der Waals surface area contributed by atoms with E-state index in [1.54, 1.807) is 0 Å². The van der Waals surface area contributed by atoms with Gasteiger partial charge in [0.1, 0.15) is 0 Å². The SMILES string of the molecule is CC(C)c1[nH]nc(N)c1-c1cc(F)c(F)c(F)c1. The van der Waals surface area contributed by atoms with Crippen molar-refractivity contribution >= 4 is 5.82 Å². The minimum atomic E-state index is -1.49. The number of nitrogen functional groups attached to an aromatic ring is 1. The molecule has 0 aliphatic heterocycles. The predicted molar refractivity (Wildman–Crippen MR) is 62.4 cm³/mol. The maximum atomic E-state index is 13.2. The van der Waals surface area contributed by atoms with Crippen molar-refractivity contribution in [3.8, 4) is 11.1 Å². The van der Waals surface area contributed by atoms with E-state index in [4.69, 9.17) is 5.73 Å². The largest absolute Gasteiger partial charge is 0.382 e. The molecule has 2 rings (SSSR count). The zero-order valence-electron chi connectivity index (χ0n) is 9.89. The number of hydrogen-bond donors (Lipinski definition) is 2. The van der Waals surface area contributed by atoms with Crippen molar-refractivity contribution in [1.29, 1.82) is 0 Å². The van der Waals surface area contributed by atoms with Crippen molar-refractivity contribution in [3.63, 3.8) is 0 Å². The van der Waals surface area contributed by atoms with Gasteiger partial charge >= 0.3 is 0 Å². The van der Waals surface area contributed by atoms with E-state index in [-0.39, 0.29) is 17.3 Å². The second-order valence-electron chi connectivity index (χ2n) is 4.31. The molecular formula is C12H12F3N3. The van der Waals surface area contributed by atoms with Crippen LogP contribution < -0.4 is 5.73 Å². The fraction of sp³-hybridized carbons (Fsp3) is 0.250. The maximum absolute atomic E-state index is 13.2. The van der Waals surface area contributed by atoms with Crippen molar-refractivity contribution in [1.82, 2.24) is 10.2 Å². The van der Waals surface area contributed by atoms with E-state index in [0.717, 1.165) is 12.1 Å². The molecule has 0 aliphatic carbocycles. The van der Waals surface area contributed by atoms with Crippen molar-refractivity contribution in [2.24, 2.45) is 0 Å². The van der Waals surface area contributed by atoms with Gasteiger partial charge in [-0.25, -0.2) is 13.2 Å². The predicted octanol–water partition coefficient (Wildman–Crippen LogP) is 3.20. The van der Waals surface area contributed by atoms with Crippen LogP contribution in [-0.4, -0.2) is 10.2 Å². The summed E-state index contributed by atoms with van der Waals surface area (Å²) in [4.78, 5) is 0. The fourth-order valence-corrected chi connectivity index (χ4v) is 1.79. The third-order valence-corrected chi connectivity index (χ3v) is 2.67. The van der Waals surface area contributed by atoms with Crippen LogP contribution in [0.4, 0.5) is 19.0 Å². The molecule has 0 radical (unpaired) electrons. The summed E-state index contributed by atoms with van der Waals surface area (Å²) in [5.41, 5.74) is 6.89. The van der Waals surface area contributed by atoms with Gasteiger partial charge in [0.05, 0.1) is 0 Å². The van der Waals surface area contributed by atoms with Crippen LogP contribution >= 0.6 is 0 Å². The first kappa shape index (κ1) is 12.5. The second-order valence-corrected chi connectivity index (χ2v) is 4.31. The van der Waals surface area contributed by atoms with E-state index in [1.165, 1.54) is 0 Å². The summed E-state index contributed by atoms with van der Waals surface area (Å²) in [6, 6.07) is 1.82. The lowest BCUT2D eigenvalue weighted by molar-refractivity contribution is 0.447. The highest BCUT2D eigenvalue weighted by Crippen LogP contribution is 2.33. The molecule has 96 valence electrons. The fourth-order valence-electron chi connectivity index (χ4n) is 1.79. The molecule has 0 bridgehead atoms. The Morgan fingerprint density at radius 2 is 1.72 bits per heavy atom. The van der Waals surface area contributed by atoms with Gasteiger partial charge in [-0.3, -0.25) is 5.10 Å². The van der Waals surface area contributed by atoms with Crippen LogP contribution in [0.2, 0.25) is 0 Å². The van der Waals surface area contributed by atoms with E-state index < -0.39 is 17.5 Å². The summed E-state index contributed by atoms with van der Waals surface area (Å²) in [5, 5.41) is 6.52. The maximum Gasteiger partial charge on any atom is 0.194 e. The van der Waals surface area contributed by atoms with Gasteiger partial charge in [0.2, 0.25) is 0 Å². The number of nitrogens with one attached hydrogen (secondary N) is 1. The van der Waals surface area contributed by atoms with Crippen molar-refractivity contribution in [2.75, 3.05) is 5.73 Å². The molecule has 0 spiro atoms. The van der Waals surface area contributed by atoms with E-state index >= 15 is 0 Å². The van der Waals surface area contributed by atoms with Gasteiger partial charge in [-0.15, -0.1) is 0 Å². The molecule has 0 unspecified atom stereocenters. The van der Waals surface area contributed by atoms with Crippen molar-refractivity contribution in [2.45, 2.75) is 19.8 Å². The number of halogens is 3. The molecule has 0 saturated heterocycles. The van der Waals surface area contributed by atoms with Crippen LogP contribution in [0.5, 0.6) is 0 Å². The topological polar surface area (TPSA) is 54.7 Å². The van der Waals surface area contributed by atoms with Crippen molar-refractivity contribution < 1.29 is 13.2 Å². The third-order valence-electron chi connectivity index (χ3n) is 2.67. The first-order chi connectivity index (χ1) is 8.41. The number of anilines is 1. The quantitative estimate of drug-likeness (QED) is 0.809. The highest BCUT2D eigenvalue weighted by Gasteiger charge is 2.19. The molecule has 2 aromatic rings. The number of benzene rings is 1. The second kappa shape index (κ2) is 4.36. The molecule has 6 heteroatoms. The third kappa shape index (κ3) is 1.94. The number of aromatic amines is 1. The summed E-state index contributed by atoms with van der Waals surface area (Å²) in [6.07, 6.45) is 0. The van der Waals surface area contributed by atoms with E-state index in [2.05, 4.69) is 10.2 Å². The Balaban J connectivity index is 2.65. The molecule has 0 saturated carbocycles. The van der Waals surface area contributed by atoms with Gasteiger partial charge in [-0.1, -0.05) is 13.8 Å². The molecule has 1 heterocycles. The molecular weight excluding hydrogens is 243 g/mol. The molecule has 3 nitrogen and oxygen atoms in total. The summed E-state index contributed by atoms with van der Waals surface area (Å²) >= 11 is 0. The number of nitrogens with zero attached hydrogens (tertiary/aromatic N) is 1. The highest BCUT2D eigenvalue weighted by molar-refractivity contribution is 5.76. The van der Waals surface area contributed by atoms with Crippen LogP contribution in [-0.2, 0) is 0 Å². The monoisotopic (exact) mass is 255 g/mol. The Hall–Kier alpha value is -1.98. The Kier molecular flexibility index (Phi) is 3.02. The number of rotatable bonds is 2. The molecule has 18 heavy (non-hydrogen) atoms. The Morgan fingerprint density at radius 1 is 1.17 bits per heavy atom. The number of hydrogen-bond acceptors (Lipinski definition) is 2. The minimum absolute atomic E-state index is 0.0426.